The first-order valence-corrected chi connectivity index (χ1v) is 9.34. The Kier molecular flexibility index (Phi) is 5.34. The van der Waals surface area contributed by atoms with Crippen molar-refractivity contribution in [3.05, 3.63) is 66.1 Å². The number of nitrogens with one attached hydrogen (secondary N) is 1. The predicted octanol–water partition coefficient (Wildman–Crippen LogP) is 2.86. The van der Waals surface area contributed by atoms with Crippen LogP contribution in [0.15, 0.2) is 54.9 Å². The standard InChI is InChI=1S/C21H23N3O3/c25-21(22-11-10-16-14-24-12-4-3-9-20(24)23-16)18-7-1-2-8-19(18)27-15-17-6-5-13-26-17/h1-4,7-9,12,14,17H,5-6,10-11,13,15H2,(H,22,25). The number of fused-ring (bicyclic) bond motifs is 1. The molecule has 140 valence electrons. The molecule has 1 amide bonds. The summed E-state index contributed by atoms with van der Waals surface area (Å²) in [7, 11) is 0. The highest BCUT2D eigenvalue weighted by atomic mass is 16.5. The van der Waals surface area contributed by atoms with Gasteiger partial charge >= 0.3 is 0 Å². The largest absolute Gasteiger partial charge is 0.490 e. The first kappa shape index (κ1) is 17.5. The van der Waals surface area contributed by atoms with E-state index in [0.29, 0.717) is 30.9 Å². The van der Waals surface area contributed by atoms with E-state index in [-0.39, 0.29) is 12.0 Å². The maximum atomic E-state index is 12.6. The first-order valence-electron chi connectivity index (χ1n) is 9.34. The van der Waals surface area contributed by atoms with Crippen molar-refractivity contribution >= 4 is 11.6 Å². The van der Waals surface area contributed by atoms with E-state index in [4.69, 9.17) is 9.47 Å². The Morgan fingerprint density at radius 1 is 1.26 bits per heavy atom. The number of hydrogen-bond acceptors (Lipinski definition) is 4. The summed E-state index contributed by atoms with van der Waals surface area (Å²) in [5.74, 6) is 0.458. The molecule has 0 radical (unpaired) electrons. The van der Waals surface area contributed by atoms with Gasteiger partial charge in [-0.3, -0.25) is 4.79 Å². The molecule has 1 aliphatic rings. The highest BCUT2D eigenvalue weighted by molar-refractivity contribution is 5.96. The third-order valence-electron chi connectivity index (χ3n) is 4.66. The van der Waals surface area contributed by atoms with Crippen LogP contribution in [-0.2, 0) is 11.2 Å². The van der Waals surface area contributed by atoms with Gasteiger partial charge in [-0.1, -0.05) is 18.2 Å². The number of rotatable bonds is 7. The van der Waals surface area contributed by atoms with Crippen LogP contribution in [0.3, 0.4) is 0 Å². The second kappa shape index (κ2) is 8.22. The minimum absolute atomic E-state index is 0.121. The zero-order valence-corrected chi connectivity index (χ0v) is 15.1. The zero-order valence-electron chi connectivity index (χ0n) is 15.1. The Bertz CT molecular complexity index is 883. The number of carbonyl (C=O) groups excluding carboxylic acids is 1. The van der Waals surface area contributed by atoms with Gasteiger partial charge in [0.15, 0.2) is 0 Å². The summed E-state index contributed by atoms with van der Waals surface area (Å²) >= 11 is 0. The Hall–Kier alpha value is -2.86. The lowest BCUT2D eigenvalue weighted by atomic mass is 10.2. The molecule has 1 aliphatic heterocycles. The fourth-order valence-electron chi connectivity index (χ4n) is 3.25. The Labute approximate surface area is 158 Å². The van der Waals surface area contributed by atoms with Crippen molar-refractivity contribution in [2.75, 3.05) is 19.8 Å². The van der Waals surface area contributed by atoms with Gasteiger partial charge in [0.2, 0.25) is 0 Å². The average Bonchev–Trinajstić information content (AvgIpc) is 3.35. The highest BCUT2D eigenvalue weighted by Crippen LogP contribution is 2.20. The number of carbonyl (C=O) groups is 1. The molecule has 1 N–H and O–H groups in total. The van der Waals surface area contributed by atoms with Gasteiger partial charge in [-0.25, -0.2) is 4.98 Å². The summed E-state index contributed by atoms with van der Waals surface area (Å²) < 4.78 is 13.4. The molecule has 1 unspecified atom stereocenters. The maximum Gasteiger partial charge on any atom is 0.255 e. The van der Waals surface area contributed by atoms with Crippen LogP contribution in [0.4, 0.5) is 0 Å². The number of imidazole rings is 1. The van der Waals surface area contributed by atoms with Gasteiger partial charge in [0.05, 0.1) is 17.4 Å². The van der Waals surface area contributed by atoms with Crippen molar-refractivity contribution in [2.45, 2.75) is 25.4 Å². The van der Waals surface area contributed by atoms with E-state index in [1.54, 1.807) is 6.07 Å². The summed E-state index contributed by atoms with van der Waals surface area (Å²) in [6.45, 7) is 1.79. The van der Waals surface area contributed by atoms with E-state index in [9.17, 15) is 4.79 Å². The third kappa shape index (κ3) is 4.28. The van der Waals surface area contributed by atoms with E-state index >= 15 is 0 Å². The van der Waals surface area contributed by atoms with Crippen LogP contribution in [0.2, 0.25) is 0 Å². The van der Waals surface area contributed by atoms with Crippen molar-refractivity contribution in [1.82, 2.24) is 14.7 Å². The molecule has 3 heterocycles. The number of para-hydroxylation sites is 1. The minimum atomic E-state index is -0.137. The number of benzene rings is 1. The number of ether oxygens (including phenoxy) is 2. The van der Waals surface area contributed by atoms with Crippen LogP contribution >= 0.6 is 0 Å². The predicted molar refractivity (Wildman–Crippen MR) is 102 cm³/mol. The van der Waals surface area contributed by atoms with E-state index in [1.165, 1.54) is 0 Å². The average molecular weight is 365 g/mol. The molecule has 3 aromatic rings. The Morgan fingerprint density at radius 2 is 2.15 bits per heavy atom. The molecular weight excluding hydrogens is 342 g/mol. The molecule has 6 heteroatoms. The summed E-state index contributed by atoms with van der Waals surface area (Å²) in [5.41, 5.74) is 2.40. The molecule has 27 heavy (non-hydrogen) atoms. The summed E-state index contributed by atoms with van der Waals surface area (Å²) in [6, 6.07) is 13.2. The third-order valence-corrected chi connectivity index (χ3v) is 4.66. The van der Waals surface area contributed by atoms with Crippen LogP contribution in [0, 0.1) is 0 Å². The van der Waals surface area contributed by atoms with Gasteiger partial charge in [0, 0.05) is 32.0 Å². The number of aromatic nitrogens is 2. The Balaban J connectivity index is 1.33. The first-order chi connectivity index (χ1) is 13.3. The van der Waals surface area contributed by atoms with Crippen molar-refractivity contribution in [2.24, 2.45) is 0 Å². The number of nitrogens with zero attached hydrogens (tertiary/aromatic N) is 2. The van der Waals surface area contributed by atoms with Crippen LogP contribution in [0.25, 0.3) is 5.65 Å². The van der Waals surface area contributed by atoms with Gasteiger partial charge < -0.3 is 19.2 Å². The maximum absolute atomic E-state index is 12.6. The molecule has 0 spiro atoms. The van der Waals surface area contributed by atoms with Gasteiger partial charge in [0.25, 0.3) is 5.91 Å². The van der Waals surface area contributed by atoms with Crippen LogP contribution in [0.5, 0.6) is 5.75 Å². The molecule has 4 rings (SSSR count). The molecule has 2 aromatic heterocycles. The van der Waals surface area contributed by atoms with Gasteiger partial charge in [-0.2, -0.15) is 0 Å². The fraction of sp³-hybridized carbons (Fsp3) is 0.333. The minimum Gasteiger partial charge on any atom is -0.490 e. The number of amides is 1. The van der Waals surface area contributed by atoms with Gasteiger partial charge in [-0.15, -0.1) is 0 Å². The van der Waals surface area contributed by atoms with Crippen molar-refractivity contribution in [1.29, 1.82) is 0 Å². The zero-order chi connectivity index (χ0) is 18.5. The van der Waals surface area contributed by atoms with Gasteiger partial charge in [0.1, 0.15) is 18.0 Å². The molecule has 0 aliphatic carbocycles. The Morgan fingerprint density at radius 3 is 3.00 bits per heavy atom. The van der Waals surface area contributed by atoms with Crippen LogP contribution in [0.1, 0.15) is 28.9 Å². The number of pyridine rings is 1. The fourth-order valence-corrected chi connectivity index (χ4v) is 3.25. The SMILES string of the molecule is O=C(NCCc1cn2ccccc2n1)c1ccccc1OCC1CCCO1. The summed E-state index contributed by atoms with van der Waals surface area (Å²) in [5, 5.41) is 2.96. The molecule has 1 aromatic carbocycles. The molecular formula is C21H23N3O3. The lowest BCUT2D eigenvalue weighted by molar-refractivity contribution is 0.0670. The van der Waals surface area contributed by atoms with Crippen molar-refractivity contribution < 1.29 is 14.3 Å². The molecule has 1 saturated heterocycles. The highest BCUT2D eigenvalue weighted by Gasteiger charge is 2.18. The summed E-state index contributed by atoms with van der Waals surface area (Å²) in [6.07, 6.45) is 6.82. The monoisotopic (exact) mass is 365 g/mol. The van der Waals surface area contributed by atoms with Crippen molar-refractivity contribution in [3.63, 3.8) is 0 Å². The smallest absolute Gasteiger partial charge is 0.255 e. The van der Waals surface area contributed by atoms with Crippen LogP contribution < -0.4 is 10.1 Å². The molecule has 0 bridgehead atoms. The molecule has 0 saturated carbocycles. The van der Waals surface area contributed by atoms with E-state index in [1.807, 2.05) is 53.2 Å². The van der Waals surface area contributed by atoms with Crippen molar-refractivity contribution in [3.8, 4) is 5.75 Å². The second-order valence-corrected chi connectivity index (χ2v) is 6.65. The quantitative estimate of drug-likeness (QED) is 0.699. The second-order valence-electron chi connectivity index (χ2n) is 6.65. The van der Waals surface area contributed by atoms with E-state index in [2.05, 4.69) is 10.3 Å². The molecule has 6 nitrogen and oxygen atoms in total. The lowest BCUT2D eigenvalue weighted by Crippen LogP contribution is -2.27. The normalized spacial score (nSPS) is 16.5. The van der Waals surface area contributed by atoms with Crippen LogP contribution in [-0.4, -0.2) is 41.2 Å². The van der Waals surface area contributed by atoms with E-state index in [0.717, 1.165) is 30.8 Å². The van der Waals surface area contributed by atoms with Gasteiger partial charge in [-0.05, 0) is 37.1 Å². The summed E-state index contributed by atoms with van der Waals surface area (Å²) in [4.78, 5) is 17.1. The molecule has 1 atom stereocenters. The topological polar surface area (TPSA) is 64.9 Å². The molecule has 1 fully saturated rings. The number of hydrogen-bond donors (Lipinski definition) is 1. The lowest BCUT2D eigenvalue weighted by Gasteiger charge is -2.14. The van der Waals surface area contributed by atoms with E-state index < -0.39 is 0 Å².